The minimum Gasteiger partial charge on any atom is -0.302 e. The number of hydrogen-bond acceptors (Lipinski definition) is 3. The van der Waals surface area contributed by atoms with E-state index in [4.69, 9.17) is 0 Å². The molecule has 1 aromatic carbocycles. The van der Waals surface area contributed by atoms with Gasteiger partial charge in [0.05, 0.1) is 15.8 Å². The molecule has 7 heteroatoms. The third kappa shape index (κ3) is 4.06. The molecule has 3 rings (SSSR count). The minimum absolute atomic E-state index is 0.0995. The molecule has 24 heavy (non-hydrogen) atoms. The summed E-state index contributed by atoms with van der Waals surface area (Å²) >= 11 is 1.07. The van der Waals surface area contributed by atoms with Gasteiger partial charge in [0.1, 0.15) is 0 Å². The van der Waals surface area contributed by atoms with Gasteiger partial charge in [0.2, 0.25) is 5.91 Å². The highest BCUT2D eigenvalue weighted by molar-refractivity contribution is 7.22. The van der Waals surface area contributed by atoms with Crippen molar-refractivity contribution in [2.45, 2.75) is 51.1 Å². The van der Waals surface area contributed by atoms with Gasteiger partial charge in [0.15, 0.2) is 5.13 Å². The molecular formula is C17H19F3N2OS. The van der Waals surface area contributed by atoms with Crippen LogP contribution in [0.2, 0.25) is 0 Å². The van der Waals surface area contributed by atoms with E-state index >= 15 is 0 Å². The second kappa shape index (κ2) is 7.09. The number of aromatic nitrogens is 1. The average molecular weight is 356 g/mol. The molecule has 1 saturated carbocycles. The van der Waals surface area contributed by atoms with Crippen LogP contribution < -0.4 is 5.32 Å². The number of thiazole rings is 1. The van der Waals surface area contributed by atoms with Gasteiger partial charge < -0.3 is 5.32 Å². The maximum atomic E-state index is 13.0. The Morgan fingerprint density at radius 2 is 2.00 bits per heavy atom. The predicted molar refractivity (Wildman–Crippen MR) is 89.1 cm³/mol. The van der Waals surface area contributed by atoms with Gasteiger partial charge in [-0.15, -0.1) is 0 Å². The molecule has 1 N–H and O–H groups in total. The van der Waals surface area contributed by atoms with Crippen LogP contribution in [0.15, 0.2) is 18.2 Å². The number of anilines is 1. The lowest BCUT2D eigenvalue weighted by Crippen LogP contribution is -2.14. The Balaban J connectivity index is 1.65. The lowest BCUT2D eigenvalue weighted by Gasteiger charge is -2.20. The molecule has 1 amide bonds. The SMILES string of the molecule is O=C(CCC1CCCCC1)Nc1nc2c(C(F)(F)F)cccc2s1. The van der Waals surface area contributed by atoms with Crippen molar-refractivity contribution in [1.29, 1.82) is 0 Å². The zero-order valence-corrected chi connectivity index (χ0v) is 14.0. The largest absolute Gasteiger partial charge is 0.418 e. The Hall–Kier alpha value is -1.63. The summed E-state index contributed by atoms with van der Waals surface area (Å²) in [6, 6.07) is 3.95. The number of hydrogen-bond donors (Lipinski definition) is 1. The summed E-state index contributed by atoms with van der Waals surface area (Å²) in [6.07, 6.45) is 2.85. The number of para-hydroxylation sites is 1. The summed E-state index contributed by atoms with van der Waals surface area (Å²) in [5, 5.41) is 2.88. The molecule has 1 aliphatic carbocycles. The van der Waals surface area contributed by atoms with Crippen molar-refractivity contribution in [3.63, 3.8) is 0 Å². The quantitative estimate of drug-likeness (QED) is 0.773. The maximum absolute atomic E-state index is 13.0. The molecule has 1 fully saturated rings. The van der Waals surface area contributed by atoms with E-state index in [9.17, 15) is 18.0 Å². The standard InChI is InChI=1S/C17H19F3N2OS/c18-17(19,20)12-7-4-8-13-15(12)22-16(24-13)21-14(23)10-9-11-5-2-1-3-6-11/h4,7-8,11H,1-3,5-6,9-10H2,(H,21,22,23). The van der Waals surface area contributed by atoms with Gasteiger partial charge in [0, 0.05) is 6.42 Å². The van der Waals surface area contributed by atoms with E-state index in [0.717, 1.165) is 23.8 Å². The molecule has 0 spiro atoms. The van der Waals surface area contributed by atoms with Crippen molar-refractivity contribution in [3.8, 4) is 0 Å². The molecule has 130 valence electrons. The Morgan fingerprint density at radius 1 is 1.25 bits per heavy atom. The molecule has 1 aromatic heterocycles. The van der Waals surface area contributed by atoms with E-state index in [2.05, 4.69) is 10.3 Å². The Bertz CT molecular complexity index is 720. The van der Waals surface area contributed by atoms with Crippen LogP contribution in [0.1, 0.15) is 50.5 Å². The van der Waals surface area contributed by atoms with E-state index in [1.807, 2.05) is 0 Å². The molecular weight excluding hydrogens is 337 g/mol. The third-order valence-corrected chi connectivity index (χ3v) is 5.41. The van der Waals surface area contributed by atoms with Gasteiger partial charge in [-0.1, -0.05) is 49.5 Å². The number of halogens is 3. The van der Waals surface area contributed by atoms with Crippen molar-refractivity contribution in [1.82, 2.24) is 4.98 Å². The van der Waals surface area contributed by atoms with Crippen molar-refractivity contribution in [3.05, 3.63) is 23.8 Å². The summed E-state index contributed by atoms with van der Waals surface area (Å²) in [7, 11) is 0. The lowest BCUT2D eigenvalue weighted by atomic mass is 9.86. The zero-order valence-electron chi connectivity index (χ0n) is 13.2. The second-order valence-electron chi connectivity index (χ2n) is 6.26. The number of carbonyl (C=O) groups excluding carboxylic acids is 1. The molecule has 2 aromatic rings. The molecule has 0 radical (unpaired) electrons. The lowest BCUT2D eigenvalue weighted by molar-refractivity contribution is -0.136. The fourth-order valence-corrected chi connectivity index (χ4v) is 4.13. The van der Waals surface area contributed by atoms with Crippen LogP contribution in [-0.2, 0) is 11.0 Å². The average Bonchev–Trinajstić information content (AvgIpc) is 2.95. The molecule has 0 saturated heterocycles. The minimum atomic E-state index is -4.45. The highest BCUT2D eigenvalue weighted by Gasteiger charge is 2.33. The van der Waals surface area contributed by atoms with Crippen LogP contribution in [0, 0.1) is 5.92 Å². The molecule has 0 bridgehead atoms. The van der Waals surface area contributed by atoms with Crippen LogP contribution in [0.5, 0.6) is 0 Å². The number of amides is 1. The van der Waals surface area contributed by atoms with Crippen molar-refractivity contribution >= 4 is 32.6 Å². The topological polar surface area (TPSA) is 42.0 Å². The highest BCUT2D eigenvalue weighted by atomic mass is 32.1. The summed E-state index contributed by atoms with van der Waals surface area (Å²) in [6.45, 7) is 0. The summed E-state index contributed by atoms with van der Waals surface area (Å²) in [5.74, 6) is 0.421. The summed E-state index contributed by atoms with van der Waals surface area (Å²) < 4.78 is 39.4. The maximum Gasteiger partial charge on any atom is 0.418 e. The van der Waals surface area contributed by atoms with Gasteiger partial charge in [-0.3, -0.25) is 4.79 Å². The number of fused-ring (bicyclic) bond motifs is 1. The van der Waals surface area contributed by atoms with Crippen molar-refractivity contribution in [2.75, 3.05) is 5.32 Å². The Kier molecular flexibility index (Phi) is 5.08. The van der Waals surface area contributed by atoms with Gasteiger partial charge >= 0.3 is 6.18 Å². The second-order valence-corrected chi connectivity index (χ2v) is 7.29. The number of alkyl halides is 3. The van der Waals surface area contributed by atoms with Gasteiger partial charge in [-0.25, -0.2) is 4.98 Å². The first kappa shape index (κ1) is 17.2. The fourth-order valence-electron chi connectivity index (χ4n) is 3.22. The summed E-state index contributed by atoms with van der Waals surface area (Å²) in [4.78, 5) is 16.0. The van der Waals surface area contributed by atoms with E-state index in [1.54, 1.807) is 6.07 Å². The molecule has 0 atom stereocenters. The normalized spacial score (nSPS) is 16.5. The molecule has 1 heterocycles. The smallest absolute Gasteiger partial charge is 0.302 e. The van der Waals surface area contributed by atoms with E-state index in [-0.39, 0.29) is 16.6 Å². The fraction of sp³-hybridized carbons (Fsp3) is 0.529. The van der Waals surface area contributed by atoms with Crippen LogP contribution >= 0.6 is 11.3 Å². The summed E-state index contributed by atoms with van der Waals surface area (Å²) in [5.41, 5.74) is -0.864. The highest BCUT2D eigenvalue weighted by Crippen LogP contribution is 2.37. The number of nitrogens with one attached hydrogen (secondary N) is 1. The number of benzene rings is 1. The monoisotopic (exact) mass is 356 g/mol. The van der Waals surface area contributed by atoms with Crippen molar-refractivity contribution < 1.29 is 18.0 Å². The zero-order chi connectivity index (χ0) is 17.2. The number of nitrogens with zero attached hydrogens (tertiary/aromatic N) is 1. The van der Waals surface area contributed by atoms with Crippen molar-refractivity contribution in [2.24, 2.45) is 5.92 Å². The van der Waals surface area contributed by atoms with Crippen LogP contribution in [-0.4, -0.2) is 10.9 Å². The van der Waals surface area contributed by atoms with Crippen LogP contribution in [0.3, 0.4) is 0 Å². The van der Waals surface area contributed by atoms with Gasteiger partial charge in [0.25, 0.3) is 0 Å². The van der Waals surface area contributed by atoms with Crippen LogP contribution in [0.25, 0.3) is 10.2 Å². The molecule has 0 unspecified atom stereocenters. The van der Waals surface area contributed by atoms with E-state index in [1.165, 1.54) is 38.2 Å². The Labute approximate surface area is 142 Å². The predicted octanol–water partition coefficient (Wildman–Crippen LogP) is 5.61. The molecule has 3 nitrogen and oxygen atoms in total. The first-order valence-electron chi connectivity index (χ1n) is 8.20. The van der Waals surface area contributed by atoms with Gasteiger partial charge in [-0.2, -0.15) is 13.2 Å². The van der Waals surface area contributed by atoms with E-state index in [0.29, 0.717) is 17.0 Å². The molecule has 1 aliphatic rings. The Morgan fingerprint density at radius 3 is 2.71 bits per heavy atom. The first-order chi connectivity index (χ1) is 11.4. The first-order valence-corrected chi connectivity index (χ1v) is 9.02. The number of carbonyl (C=O) groups is 1. The van der Waals surface area contributed by atoms with E-state index < -0.39 is 11.7 Å². The number of rotatable bonds is 4. The van der Waals surface area contributed by atoms with Gasteiger partial charge in [-0.05, 0) is 24.5 Å². The van der Waals surface area contributed by atoms with Crippen LogP contribution in [0.4, 0.5) is 18.3 Å². The third-order valence-electron chi connectivity index (χ3n) is 4.48. The molecule has 0 aliphatic heterocycles.